The van der Waals surface area contributed by atoms with Gasteiger partial charge in [-0.2, -0.15) is 0 Å². The summed E-state index contributed by atoms with van der Waals surface area (Å²) in [5.41, 5.74) is 1.98. The van der Waals surface area contributed by atoms with E-state index in [9.17, 15) is 10.1 Å². The zero-order chi connectivity index (χ0) is 14.7. The van der Waals surface area contributed by atoms with Crippen LogP contribution in [-0.4, -0.2) is 30.1 Å². The summed E-state index contributed by atoms with van der Waals surface area (Å²) in [6.45, 7) is 8.16. The Kier molecular flexibility index (Phi) is 4.60. The number of anilines is 1. The normalized spacial score (nSPS) is 18.5. The van der Waals surface area contributed by atoms with Crippen molar-refractivity contribution in [2.75, 3.05) is 18.0 Å². The molecular weight excluding hydrogens is 254 g/mol. The Morgan fingerprint density at radius 2 is 2.25 bits per heavy atom. The summed E-state index contributed by atoms with van der Waals surface area (Å²) in [5.74, 6) is 0. The van der Waals surface area contributed by atoms with E-state index < -0.39 is 0 Å². The highest BCUT2D eigenvalue weighted by Gasteiger charge is 2.21. The molecule has 0 radical (unpaired) electrons. The monoisotopic (exact) mass is 277 g/mol. The first-order valence-electron chi connectivity index (χ1n) is 7.24. The van der Waals surface area contributed by atoms with Gasteiger partial charge in [-0.25, -0.2) is 0 Å². The fraction of sp³-hybridized carbons (Fsp3) is 0.600. The highest BCUT2D eigenvalue weighted by molar-refractivity contribution is 5.55. The lowest BCUT2D eigenvalue weighted by Gasteiger charge is -2.32. The van der Waals surface area contributed by atoms with E-state index >= 15 is 0 Å². The Balaban J connectivity index is 2.20. The zero-order valence-electron chi connectivity index (χ0n) is 12.4. The highest BCUT2D eigenvalue weighted by atomic mass is 16.6. The SMILES string of the molecule is Cc1cc(N(CC2CCCN2)C(C)C)ccc1[N+](=O)[O-]. The quantitative estimate of drug-likeness (QED) is 0.664. The second-order valence-corrected chi connectivity index (χ2v) is 5.77. The smallest absolute Gasteiger partial charge is 0.272 e. The van der Waals surface area contributed by atoms with Gasteiger partial charge in [-0.15, -0.1) is 0 Å². The third kappa shape index (κ3) is 3.28. The van der Waals surface area contributed by atoms with Gasteiger partial charge in [0.15, 0.2) is 0 Å². The van der Waals surface area contributed by atoms with Gasteiger partial charge in [0.1, 0.15) is 0 Å². The number of hydrogen-bond donors (Lipinski definition) is 1. The lowest BCUT2D eigenvalue weighted by atomic mass is 10.1. The molecule has 20 heavy (non-hydrogen) atoms. The van der Waals surface area contributed by atoms with Gasteiger partial charge in [0.25, 0.3) is 5.69 Å². The first-order valence-corrected chi connectivity index (χ1v) is 7.24. The number of nitro groups is 1. The molecule has 1 aromatic carbocycles. The van der Waals surface area contributed by atoms with Crippen LogP contribution in [0.4, 0.5) is 11.4 Å². The van der Waals surface area contributed by atoms with Crippen LogP contribution >= 0.6 is 0 Å². The van der Waals surface area contributed by atoms with E-state index in [2.05, 4.69) is 24.1 Å². The van der Waals surface area contributed by atoms with E-state index in [0.29, 0.717) is 12.1 Å². The van der Waals surface area contributed by atoms with Crippen LogP contribution in [0, 0.1) is 17.0 Å². The summed E-state index contributed by atoms with van der Waals surface area (Å²) < 4.78 is 0. The summed E-state index contributed by atoms with van der Waals surface area (Å²) >= 11 is 0. The predicted molar refractivity (Wildman–Crippen MR) is 81.3 cm³/mol. The molecule has 0 saturated carbocycles. The lowest BCUT2D eigenvalue weighted by Crippen LogP contribution is -2.41. The molecule has 0 spiro atoms. The average Bonchev–Trinajstić information content (AvgIpc) is 2.87. The highest BCUT2D eigenvalue weighted by Crippen LogP contribution is 2.26. The number of nitrogens with one attached hydrogen (secondary N) is 1. The number of benzene rings is 1. The molecule has 1 atom stereocenters. The standard InChI is InChI=1S/C15H23N3O2/c1-11(2)17(10-13-5-4-8-16-13)14-6-7-15(18(19)20)12(3)9-14/h6-7,9,11,13,16H,4-5,8,10H2,1-3H3. The van der Waals surface area contributed by atoms with Crippen molar-refractivity contribution in [3.05, 3.63) is 33.9 Å². The molecule has 1 saturated heterocycles. The van der Waals surface area contributed by atoms with Crippen molar-refractivity contribution in [1.29, 1.82) is 0 Å². The van der Waals surface area contributed by atoms with Crippen molar-refractivity contribution in [1.82, 2.24) is 5.32 Å². The fourth-order valence-electron chi connectivity index (χ4n) is 2.79. The molecular formula is C15H23N3O2. The second kappa shape index (κ2) is 6.22. The number of nitro benzene ring substituents is 1. The Bertz CT molecular complexity index is 482. The molecule has 1 N–H and O–H groups in total. The van der Waals surface area contributed by atoms with Gasteiger partial charge in [0.05, 0.1) is 4.92 Å². The van der Waals surface area contributed by atoms with Crippen LogP contribution < -0.4 is 10.2 Å². The van der Waals surface area contributed by atoms with Crippen molar-refractivity contribution >= 4 is 11.4 Å². The van der Waals surface area contributed by atoms with Crippen LogP contribution in [0.15, 0.2) is 18.2 Å². The molecule has 0 aromatic heterocycles. The van der Waals surface area contributed by atoms with E-state index in [-0.39, 0.29) is 10.6 Å². The van der Waals surface area contributed by atoms with Gasteiger partial charge in [0, 0.05) is 35.9 Å². The molecule has 0 bridgehead atoms. The van der Waals surface area contributed by atoms with Crippen molar-refractivity contribution in [2.24, 2.45) is 0 Å². The molecule has 0 aliphatic carbocycles. The van der Waals surface area contributed by atoms with Crippen molar-refractivity contribution in [2.45, 2.75) is 45.7 Å². The van der Waals surface area contributed by atoms with Gasteiger partial charge in [-0.05, 0) is 52.3 Å². The summed E-state index contributed by atoms with van der Waals surface area (Å²) in [4.78, 5) is 12.9. The Hall–Kier alpha value is -1.62. The van der Waals surface area contributed by atoms with Gasteiger partial charge in [-0.3, -0.25) is 10.1 Å². The molecule has 110 valence electrons. The Morgan fingerprint density at radius 1 is 1.50 bits per heavy atom. The molecule has 1 aliphatic rings. The minimum Gasteiger partial charge on any atom is -0.368 e. The maximum Gasteiger partial charge on any atom is 0.272 e. The third-order valence-corrected chi connectivity index (χ3v) is 3.91. The number of hydrogen-bond acceptors (Lipinski definition) is 4. The van der Waals surface area contributed by atoms with E-state index in [4.69, 9.17) is 0 Å². The minimum absolute atomic E-state index is 0.191. The first kappa shape index (κ1) is 14.8. The van der Waals surface area contributed by atoms with Gasteiger partial charge in [-0.1, -0.05) is 0 Å². The van der Waals surface area contributed by atoms with Crippen LogP contribution in [-0.2, 0) is 0 Å². The van der Waals surface area contributed by atoms with Gasteiger partial charge in [0.2, 0.25) is 0 Å². The molecule has 0 amide bonds. The van der Waals surface area contributed by atoms with Gasteiger partial charge >= 0.3 is 0 Å². The number of rotatable bonds is 5. The van der Waals surface area contributed by atoms with E-state index in [1.54, 1.807) is 13.0 Å². The second-order valence-electron chi connectivity index (χ2n) is 5.77. The summed E-state index contributed by atoms with van der Waals surface area (Å²) in [6.07, 6.45) is 2.44. The average molecular weight is 277 g/mol. The molecule has 5 nitrogen and oxygen atoms in total. The summed E-state index contributed by atoms with van der Waals surface area (Å²) in [6, 6.07) is 6.29. The number of nitrogens with zero attached hydrogens (tertiary/aromatic N) is 2. The van der Waals surface area contributed by atoms with Crippen molar-refractivity contribution in [3.63, 3.8) is 0 Å². The maximum atomic E-state index is 10.9. The molecule has 5 heteroatoms. The van der Waals surface area contributed by atoms with Crippen LogP contribution in [0.3, 0.4) is 0 Å². The topological polar surface area (TPSA) is 58.4 Å². The Morgan fingerprint density at radius 3 is 2.75 bits per heavy atom. The Labute approximate surface area is 120 Å². The molecule has 1 unspecified atom stereocenters. The van der Waals surface area contributed by atoms with Crippen molar-refractivity contribution < 1.29 is 4.92 Å². The minimum atomic E-state index is -0.322. The molecule has 1 fully saturated rings. The zero-order valence-corrected chi connectivity index (χ0v) is 12.4. The number of aryl methyl sites for hydroxylation is 1. The van der Waals surface area contributed by atoms with Gasteiger partial charge < -0.3 is 10.2 Å². The van der Waals surface area contributed by atoms with Crippen LogP contribution in [0.2, 0.25) is 0 Å². The largest absolute Gasteiger partial charge is 0.368 e. The predicted octanol–water partition coefficient (Wildman–Crippen LogP) is 2.87. The molecule has 1 aromatic rings. The van der Waals surface area contributed by atoms with E-state index in [0.717, 1.165) is 24.3 Å². The molecule has 1 heterocycles. The van der Waals surface area contributed by atoms with Crippen LogP contribution in [0.5, 0.6) is 0 Å². The lowest BCUT2D eigenvalue weighted by molar-refractivity contribution is -0.385. The summed E-state index contributed by atoms with van der Waals surface area (Å²) in [7, 11) is 0. The maximum absolute atomic E-state index is 10.9. The third-order valence-electron chi connectivity index (χ3n) is 3.91. The molecule has 2 rings (SSSR count). The van der Waals surface area contributed by atoms with Crippen LogP contribution in [0.25, 0.3) is 0 Å². The summed E-state index contributed by atoms with van der Waals surface area (Å²) in [5, 5.41) is 14.4. The first-order chi connectivity index (χ1) is 9.49. The van der Waals surface area contributed by atoms with E-state index in [1.807, 2.05) is 12.1 Å². The fourth-order valence-corrected chi connectivity index (χ4v) is 2.79. The van der Waals surface area contributed by atoms with Crippen molar-refractivity contribution in [3.8, 4) is 0 Å². The molecule has 1 aliphatic heterocycles. The van der Waals surface area contributed by atoms with E-state index in [1.165, 1.54) is 12.8 Å². The van der Waals surface area contributed by atoms with Crippen LogP contribution in [0.1, 0.15) is 32.3 Å².